The molecule has 2 aromatic carbocycles. The fraction of sp³-hybridized carbons (Fsp3) is 0.462. The lowest BCUT2D eigenvalue weighted by atomic mass is 9.90. The van der Waals surface area contributed by atoms with Gasteiger partial charge in [-0.1, -0.05) is 42.0 Å². The summed E-state index contributed by atoms with van der Waals surface area (Å²) < 4.78 is 33.5. The third kappa shape index (κ3) is 5.15. The van der Waals surface area contributed by atoms with Crippen LogP contribution in [0.5, 0.6) is 5.75 Å². The lowest BCUT2D eigenvalue weighted by Crippen LogP contribution is -2.48. The third-order valence-corrected chi connectivity index (χ3v) is 6.12. The fourth-order valence-electron chi connectivity index (χ4n) is 3.65. The maximum Gasteiger partial charge on any atom is 0.324 e. The Hall–Kier alpha value is -2.78. The molecule has 0 amide bonds. The Morgan fingerprint density at radius 3 is 1.50 bits per heavy atom. The Kier molecular flexibility index (Phi) is 7.04. The first-order chi connectivity index (χ1) is 16.2. The molecule has 2 fully saturated rings. The molecule has 0 atom stereocenters. The lowest BCUT2D eigenvalue weighted by Gasteiger charge is -2.37. The molecule has 0 aromatic heterocycles. The molecule has 0 spiro atoms. The summed E-state index contributed by atoms with van der Waals surface area (Å²) in [6.45, 7) is 5.55. The Balaban J connectivity index is 1.30. The van der Waals surface area contributed by atoms with Gasteiger partial charge in [0.15, 0.2) is 12.6 Å². The molecule has 2 saturated heterocycles. The highest BCUT2D eigenvalue weighted by molar-refractivity contribution is 5.91. The average molecular weight is 471 g/mol. The molecule has 2 heterocycles. The number of rotatable bonds is 5. The first-order valence-corrected chi connectivity index (χ1v) is 11.2. The highest BCUT2D eigenvalue weighted by atomic mass is 16.7. The standard InChI is InChI=1S/C26H30O8/c1-17-5-7-18(8-6-17)21-30-13-25(2,14-31-21)23(27)34-24(28)26(3)15-32-22(33-16-26)19-9-11-20(29-4)12-10-19/h5-12,21-22H,13-16H2,1-4H3. The van der Waals surface area contributed by atoms with Crippen molar-refractivity contribution >= 4 is 11.9 Å². The molecule has 2 aliphatic rings. The van der Waals surface area contributed by atoms with Crippen molar-refractivity contribution in [2.45, 2.75) is 33.4 Å². The molecule has 2 aliphatic heterocycles. The SMILES string of the molecule is COc1ccc(C2OCC(C)(C(=O)OC(=O)C3(C)COC(c4ccc(C)cc4)OC3)CO2)cc1. The molecule has 0 unspecified atom stereocenters. The van der Waals surface area contributed by atoms with Crippen molar-refractivity contribution in [3.63, 3.8) is 0 Å². The van der Waals surface area contributed by atoms with Gasteiger partial charge in [0.2, 0.25) is 0 Å². The Morgan fingerprint density at radius 1 is 0.735 bits per heavy atom. The van der Waals surface area contributed by atoms with E-state index in [1.807, 2.05) is 43.3 Å². The van der Waals surface area contributed by atoms with Crippen molar-refractivity contribution < 1.29 is 38.0 Å². The number of esters is 2. The molecule has 0 saturated carbocycles. The van der Waals surface area contributed by atoms with Crippen molar-refractivity contribution in [3.05, 3.63) is 65.2 Å². The summed E-state index contributed by atoms with van der Waals surface area (Å²) in [5.74, 6) is -0.674. The van der Waals surface area contributed by atoms with Crippen molar-refractivity contribution in [2.24, 2.45) is 10.8 Å². The fourth-order valence-corrected chi connectivity index (χ4v) is 3.65. The van der Waals surface area contributed by atoms with E-state index in [4.69, 9.17) is 28.4 Å². The molecule has 8 nitrogen and oxygen atoms in total. The zero-order valence-electron chi connectivity index (χ0n) is 19.9. The van der Waals surface area contributed by atoms with Crippen LogP contribution in [-0.2, 0) is 33.3 Å². The van der Waals surface area contributed by atoms with Crippen LogP contribution in [0.2, 0.25) is 0 Å². The van der Waals surface area contributed by atoms with Gasteiger partial charge in [-0.3, -0.25) is 9.59 Å². The highest BCUT2D eigenvalue weighted by Gasteiger charge is 2.47. The van der Waals surface area contributed by atoms with Gasteiger partial charge < -0.3 is 28.4 Å². The number of benzene rings is 2. The molecule has 34 heavy (non-hydrogen) atoms. The minimum atomic E-state index is -1.12. The first kappa shape index (κ1) is 24.3. The topological polar surface area (TPSA) is 89.5 Å². The van der Waals surface area contributed by atoms with Crippen molar-refractivity contribution in [2.75, 3.05) is 33.5 Å². The van der Waals surface area contributed by atoms with E-state index < -0.39 is 35.3 Å². The molecular weight excluding hydrogens is 440 g/mol. The number of aryl methyl sites for hydroxylation is 1. The third-order valence-electron chi connectivity index (χ3n) is 6.12. The Morgan fingerprint density at radius 2 is 1.12 bits per heavy atom. The van der Waals surface area contributed by atoms with Crippen LogP contribution in [0, 0.1) is 17.8 Å². The summed E-state index contributed by atoms with van der Waals surface area (Å²) >= 11 is 0. The van der Waals surface area contributed by atoms with E-state index in [1.165, 1.54) is 0 Å². The van der Waals surface area contributed by atoms with E-state index in [-0.39, 0.29) is 26.4 Å². The summed E-state index contributed by atoms with van der Waals surface area (Å²) in [7, 11) is 1.59. The number of hydrogen-bond acceptors (Lipinski definition) is 8. The second-order valence-corrected chi connectivity index (χ2v) is 9.39. The maximum absolute atomic E-state index is 12.9. The van der Waals surface area contributed by atoms with E-state index in [1.54, 1.807) is 33.1 Å². The van der Waals surface area contributed by atoms with Crippen molar-refractivity contribution in [1.82, 2.24) is 0 Å². The molecule has 182 valence electrons. The minimum Gasteiger partial charge on any atom is -0.497 e. The zero-order valence-corrected chi connectivity index (χ0v) is 19.9. The monoisotopic (exact) mass is 470 g/mol. The van der Waals surface area contributed by atoms with Gasteiger partial charge in [-0.15, -0.1) is 0 Å². The number of methoxy groups -OCH3 is 1. The molecule has 8 heteroatoms. The lowest BCUT2D eigenvalue weighted by molar-refractivity contribution is -0.245. The maximum atomic E-state index is 12.9. The summed E-state index contributed by atoms with van der Waals surface area (Å²) in [5, 5.41) is 0. The summed E-state index contributed by atoms with van der Waals surface area (Å²) in [5.41, 5.74) is 0.586. The zero-order chi connectivity index (χ0) is 24.3. The van der Waals surface area contributed by atoms with Crippen LogP contribution in [0.1, 0.15) is 43.1 Å². The van der Waals surface area contributed by atoms with Crippen molar-refractivity contribution in [3.8, 4) is 5.75 Å². The minimum absolute atomic E-state index is 0.0506. The molecule has 0 radical (unpaired) electrons. The van der Waals surface area contributed by atoms with Crippen LogP contribution in [0.4, 0.5) is 0 Å². The summed E-state index contributed by atoms with van der Waals surface area (Å²) in [6, 6.07) is 15.1. The van der Waals surface area contributed by atoms with Gasteiger partial charge >= 0.3 is 11.9 Å². The normalized spacial score (nSPS) is 29.3. The molecular formula is C26H30O8. The largest absolute Gasteiger partial charge is 0.497 e. The predicted molar refractivity (Wildman–Crippen MR) is 121 cm³/mol. The van der Waals surface area contributed by atoms with Crippen LogP contribution in [0.3, 0.4) is 0 Å². The summed E-state index contributed by atoms with van der Waals surface area (Å²) in [4.78, 5) is 25.7. The van der Waals surface area contributed by atoms with Gasteiger partial charge in [0.1, 0.15) is 16.6 Å². The second kappa shape index (κ2) is 9.84. The van der Waals surface area contributed by atoms with Crippen LogP contribution in [0.15, 0.2) is 48.5 Å². The Bertz CT molecular complexity index is 998. The van der Waals surface area contributed by atoms with Crippen LogP contribution in [-0.4, -0.2) is 45.5 Å². The second-order valence-electron chi connectivity index (χ2n) is 9.39. The molecule has 0 aliphatic carbocycles. The van der Waals surface area contributed by atoms with E-state index in [0.29, 0.717) is 0 Å². The van der Waals surface area contributed by atoms with E-state index in [9.17, 15) is 9.59 Å². The summed E-state index contributed by atoms with van der Waals surface area (Å²) in [6.07, 6.45) is -1.18. The Labute approximate surface area is 199 Å². The first-order valence-electron chi connectivity index (χ1n) is 11.2. The number of hydrogen-bond donors (Lipinski definition) is 0. The molecule has 2 aromatic rings. The number of ether oxygens (including phenoxy) is 6. The van der Waals surface area contributed by atoms with E-state index in [2.05, 4.69) is 0 Å². The van der Waals surface area contributed by atoms with Gasteiger partial charge in [0.25, 0.3) is 0 Å². The molecule has 0 bridgehead atoms. The van der Waals surface area contributed by atoms with Gasteiger partial charge in [0.05, 0.1) is 33.5 Å². The van der Waals surface area contributed by atoms with Crippen LogP contribution in [0.25, 0.3) is 0 Å². The van der Waals surface area contributed by atoms with Gasteiger partial charge in [0, 0.05) is 11.1 Å². The van der Waals surface area contributed by atoms with E-state index in [0.717, 1.165) is 22.4 Å². The predicted octanol–water partition coefficient (Wildman–Crippen LogP) is 3.88. The quantitative estimate of drug-likeness (QED) is 0.481. The highest BCUT2D eigenvalue weighted by Crippen LogP contribution is 2.36. The average Bonchev–Trinajstić information content (AvgIpc) is 2.85. The van der Waals surface area contributed by atoms with Gasteiger partial charge in [-0.25, -0.2) is 0 Å². The van der Waals surface area contributed by atoms with Gasteiger partial charge in [-0.05, 0) is 32.9 Å². The smallest absolute Gasteiger partial charge is 0.324 e. The molecule has 0 N–H and O–H groups in total. The molecule has 4 rings (SSSR count). The number of carbonyl (C=O) groups excluding carboxylic acids is 2. The van der Waals surface area contributed by atoms with Crippen LogP contribution < -0.4 is 4.74 Å². The van der Waals surface area contributed by atoms with E-state index >= 15 is 0 Å². The van der Waals surface area contributed by atoms with Crippen molar-refractivity contribution in [1.29, 1.82) is 0 Å². The van der Waals surface area contributed by atoms with Gasteiger partial charge in [-0.2, -0.15) is 0 Å². The van der Waals surface area contributed by atoms with Crippen LogP contribution >= 0.6 is 0 Å². The number of carbonyl (C=O) groups is 2.